The third-order valence-corrected chi connectivity index (χ3v) is 4.33. The van der Waals surface area contributed by atoms with Gasteiger partial charge >= 0.3 is 6.18 Å². The zero-order chi connectivity index (χ0) is 19.3. The highest BCUT2D eigenvalue weighted by molar-refractivity contribution is 5.91. The van der Waals surface area contributed by atoms with Crippen LogP contribution in [0.2, 0.25) is 0 Å². The molecule has 7 nitrogen and oxygen atoms in total. The predicted octanol–water partition coefficient (Wildman–Crippen LogP) is 1.73. The summed E-state index contributed by atoms with van der Waals surface area (Å²) >= 11 is 0. The van der Waals surface area contributed by atoms with E-state index in [2.05, 4.69) is 25.8 Å². The van der Waals surface area contributed by atoms with Crippen molar-refractivity contribution in [3.05, 3.63) is 41.7 Å². The van der Waals surface area contributed by atoms with Crippen LogP contribution in [0, 0.1) is 0 Å². The number of aromatic nitrogens is 3. The van der Waals surface area contributed by atoms with Crippen LogP contribution in [0.1, 0.15) is 22.5 Å². The van der Waals surface area contributed by atoms with Gasteiger partial charge in [0.15, 0.2) is 5.69 Å². The average molecular weight is 419 g/mol. The maximum absolute atomic E-state index is 13.1. The third kappa shape index (κ3) is 5.66. The Balaban J connectivity index is 0.00000280. The zero-order valence-corrected chi connectivity index (χ0v) is 15.9. The molecule has 0 radical (unpaired) electrons. The van der Waals surface area contributed by atoms with Gasteiger partial charge in [-0.05, 0) is 25.1 Å². The van der Waals surface area contributed by atoms with Crippen LogP contribution in [0.3, 0.4) is 0 Å². The van der Waals surface area contributed by atoms with E-state index in [0.29, 0.717) is 6.54 Å². The standard InChI is InChI=1S/C17H21F3N6O.ClH/c18-17(19,20)13-4-1-2-5-15(13)26-12-14(23-24-26)16(27)22-6-3-9-25-10-7-21-8-11-25;/h1-2,4-5,12,21H,3,6-11H2,(H,22,27);1H. The molecular formula is C17H22ClF3N6O. The first kappa shape index (κ1) is 22.1. The third-order valence-electron chi connectivity index (χ3n) is 4.33. The van der Waals surface area contributed by atoms with Crippen molar-refractivity contribution >= 4 is 18.3 Å². The minimum absolute atomic E-state index is 0. The number of rotatable bonds is 6. The molecule has 2 N–H and O–H groups in total. The summed E-state index contributed by atoms with van der Waals surface area (Å²) in [6.45, 7) is 5.26. The maximum atomic E-state index is 13.1. The van der Waals surface area contributed by atoms with E-state index in [9.17, 15) is 18.0 Å². The lowest BCUT2D eigenvalue weighted by Crippen LogP contribution is -2.44. The van der Waals surface area contributed by atoms with E-state index < -0.39 is 17.6 Å². The molecular weight excluding hydrogens is 397 g/mol. The molecule has 1 aliphatic heterocycles. The van der Waals surface area contributed by atoms with Crippen LogP contribution in [-0.4, -0.2) is 65.1 Å². The van der Waals surface area contributed by atoms with Crippen molar-refractivity contribution in [1.82, 2.24) is 30.5 Å². The Bertz CT molecular complexity index is 776. The average Bonchev–Trinajstić information content (AvgIpc) is 3.15. The molecule has 0 bridgehead atoms. The number of carbonyl (C=O) groups excluding carboxylic acids is 1. The van der Waals surface area contributed by atoms with Gasteiger partial charge in [0.1, 0.15) is 0 Å². The Morgan fingerprint density at radius 2 is 1.93 bits per heavy atom. The molecule has 1 saturated heterocycles. The van der Waals surface area contributed by atoms with E-state index in [0.717, 1.165) is 49.9 Å². The van der Waals surface area contributed by atoms with Gasteiger partial charge in [-0.2, -0.15) is 13.2 Å². The minimum Gasteiger partial charge on any atom is -0.351 e. The largest absolute Gasteiger partial charge is 0.418 e. The topological polar surface area (TPSA) is 75.1 Å². The van der Waals surface area contributed by atoms with Crippen LogP contribution in [-0.2, 0) is 6.18 Å². The molecule has 28 heavy (non-hydrogen) atoms. The maximum Gasteiger partial charge on any atom is 0.418 e. The Morgan fingerprint density at radius 1 is 1.21 bits per heavy atom. The van der Waals surface area contributed by atoms with Gasteiger partial charge in [-0.3, -0.25) is 4.79 Å². The number of halogens is 4. The molecule has 1 aromatic heterocycles. The fourth-order valence-corrected chi connectivity index (χ4v) is 2.93. The van der Waals surface area contributed by atoms with Gasteiger partial charge < -0.3 is 15.5 Å². The molecule has 2 heterocycles. The summed E-state index contributed by atoms with van der Waals surface area (Å²) in [5.41, 5.74) is -1.03. The lowest BCUT2D eigenvalue weighted by molar-refractivity contribution is -0.137. The molecule has 0 unspecified atom stereocenters. The number of alkyl halides is 3. The number of carbonyl (C=O) groups is 1. The second kappa shape index (κ2) is 9.85. The van der Waals surface area contributed by atoms with Gasteiger partial charge in [0, 0.05) is 32.7 Å². The van der Waals surface area contributed by atoms with Crippen LogP contribution in [0.25, 0.3) is 5.69 Å². The van der Waals surface area contributed by atoms with Crippen molar-refractivity contribution in [3.8, 4) is 5.69 Å². The van der Waals surface area contributed by atoms with Crippen LogP contribution in [0.5, 0.6) is 0 Å². The van der Waals surface area contributed by atoms with Crippen molar-refractivity contribution < 1.29 is 18.0 Å². The van der Waals surface area contributed by atoms with Crippen LogP contribution >= 0.6 is 12.4 Å². The number of hydrogen-bond acceptors (Lipinski definition) is 5. The summed E-state index contributed by atoms with van der Waals surface area (Å²) in [4.78, 5) is 14.5. The van der Waals surface area contributed by atoms with Crippen molar-refractivity contribution in [1.29, 1.82) is 0 Å². The summed E-state index contributed by atoms with van der Waals surface area (Å²) in [5.74, 6) is -0.453. The Morgan fingerprint density at radius 3 is 2.64 bits per heavy atom. The highest BCUT2D eigenvalue weighted by Crippen LogP contribution is 2.33. The molecule has 11 heteroatoms. The van der Waals surface area contributed by atoms with Crippen LogP contribution in [0.15, 0.2) is 30.5 Å². The number of piperazine rings is 1. The van der Waals surface area contributed by atoms with Crippen molar-refractivity contribution in [2.45, 2.75) is 12.6 Å². The van der Waals surface area contributed by atoms with E-state index in [4.69, 9.17) is 0 Å². The number of amides is 1. The van der Waals surface area contributed by atoms with E-state index in [1.54, 1.807) is 0 Å². The minimum atomic E-state index is -4.52. The second-order valence-corrected chi connectivity index (χ2v) is 6.26. The Kier molecular flexibility index (Phi) is 7.78. The fourth-order valence-electron chi connectivity index (χ4n) is 2.93. The molecule has 1 fully saturated rings. The molecule has 0 aliphatic carbocycles. The first-order valence-electron chi connectivity index (χ1n) is 8.75. The second-order valence-electron chi connectivity index (χ2n) is 6.26. The van der Waals surface area contributed by atoms with Gasteiger partial charge in [0.05, 0.1) is 17.4 Å². The number of para-hydroxylation sites is 1. The molecule has 154 valence electrons. The summed E-state index contributed by atoms with van der Waals surface area (Å²) in [7, 11) is 0. The van der Waals surface area contributed by atoms with E-state index in [-0.39, 0.29) is 23.8 Å². The predicted molar refractivity (Wildman–Crippen MR) is 99.9 cm³/mol. The lowest BCUT2D eigenvalue weighted by Gasteiger charge is -2.26. The molecule has 3 rings (SSSR count). The fraction of sp³-hybridized carbons (Fsp3) is 0.471. The molecule has 0 atom stereocenters. The Hall–Kier alpha value is -2.17. The van der Waals surface area contributed by atoms with Crippen molar-refractivity contribution in [2.75, 3.05) is 39.3 Å². The highest BCUT2D eigenvalue weighted by atomic mass is 35.5. The molecule has 0 saturated carbocycles. The van der Waals surface area contributed by atoms with Crippen LogP contribution in [0.4, 0.5) is 13.2 Å². The van der Waals surface area contributed by atoms with Gasteiger partial charge in [-0.25, -0.2) is 4.68 Å². The quantitative estimate of drug-likeness (QED) is 0.699. The number of nitrogens with zero attached hydrogens (tertiary/aromatic N) is 4. The summed E-state index contributed by atoms with van der Waals surface area (Å²) in [5, 5.41) is 13.4. The van der Waals surface area contributed by atoms with Gasteiger partial charge in [0.25, 0.3) is 5.91 Å². The lowest BCUT2D eigenvalue weighted by atomic mass is 10.1. The smallest absolute Gasteiger partial charge is 0.351 e. The summed E-state index contributed by atoms with van der Waals surface area (Å²) in [6, 6.07) is 5.02. The van der Waals surface area contributed by atoms with E-state index in [1.165, 1.54) is 24.4 Å². The van der Waals surface area contributed by atoms with Crippen molar-refractivity contribution in [2.24, 2.45) is 0 Å². The number of nitrogens with one attached hydrogen (secondary N) is 2. The monoisotopic (exact) mass is 418 g/mol. The molecule has 1 aliphatic rings. The highest BCUT2D eigenvalue weighted by Gasteiger charge is 2.34. The first-order chi connectivity index (χ1) is 12.9. The summed E-state index contributed by atoms with van der Waals surface area (Å²) in [6.07, 6.45) is -2.53. The summed E-state index contributed by atoms with van der Waals surface area (Å²) < 4.78 is 40.3. The molecule has 0 spiro atoms. The zero-order valence-electron chi connectivity index (χ0n) is 15.1. The van der Waals surface area contributed by atoms with Crippen LogP contribution < -0.4 is 10.6 Å². The van der Waals surface area contributed by atoms with E-state index in [1.807, 2.05) is 0 Å². The number of benzene rings is 1. The first-order valence-corrected chi connectivity index (χ1v) is 8.75. The molecule has 1 amide bonds. The van der Waals surface area contributed by atoms with Gasteiger partial charge in [0.2, 0.25) is 0 Å². The SMILES string of the molecule is Cl.O=C(NCCCN1CCNCC1)c1cn(-c2ccccc2C(F)(F)F)nn1. The van der Waals surface area contributed by atoms with Gasteiger partial charge in [-0.15, -0.1) is 17.5 Å². The number of hydrogen-bond donors (Lipinski definition) is 2. The Labute approximate surface area is 166 Å². The molecule has 1 aromatic carbocycles. The van der Waals surface area contributed by atoms with Crippen molar-refractivity contribution in [3.63, 3.8) is 0 Å². The van der Waals surface area contributed by atoms with E-state index >= 15 is 0 Å². The molecule has 2 aromatic rings. The van der Waals surface area contributed by atoms with Gasteiger partial charge in [-0.1, -0.05) is 17.3 Å². The normalized spacial score (nSPS) is 15.1.